The lowest BCUT2D eigenvalue weighted by Gasteiger charge is -2.27. The number of benzene rings is 1. The van der Waals surface area contributed by atoms with Crippen molar-refractivity contribution in [2.45, 2.75) is 32.2 Å². The second-order valence-corrected chi connectivity index (χ2v) is 6.57. The van der Waals surface area contributed by atoms with Crippen LogP contribution in [0.4, 0.5) is 10.5 Å². The van der Waals surface area contributed by atoms with Gasteiger partial charge in [-0.2, -0.15) is 0 Å². The Morgan fingerprint density at radius 1 is 1.30 bits per heavy atom. The molecule has 1 aromatic carbocycles. The van der Waals surface area contributed by atoms with Crippen molar-refractivity contribution in [3.8, 4) is 11.3 Å². The third kappa shape index (κ3) is 2.81. The summed E-state index contributed by atoms with van der Waals surface area (Å²) in [6.07, 6.45) is 5.38. The quantitative estimate of drug-likeness (QED) is 0.909. The molecule has 0 radical (unpaired) electrons. The van der Waals surface area contributed by atoms with Crippen molar-refractivity contribution >= 4 is 11.7 Å². The third-order valence-corrected chi connectivity index (χ3v) is 4.95. The van der Waals surface area contributed by atoms with Crippen LogP contribution in [0.1, 0.15) is 24.8 Å². The molecule has 1 saturated carbocycles. The number of nitrogens with zero attached hydrogens (tertiary/aromatic N) is 2. The molecule has 1 aliphatic heterocycles. The molecule has 4 rings (SSSR count). The minimum Gasteiger partial charge on any atom is -0.321 e. The zero-order valence-corrected chi connectivity index (χ0v) is 13.3. The fourth-order valence-corrected chi connectivity index (χ4v) is 3.56. The van der Waals surface area contributed by atoms with Crippen molar-refractivity contribution < 1.29 is 4.79 Å². The number of carbonyl (C=O) groups is 1. The van der Waals surface area contributed by atoms with E-state index in [1.807, 2.05) is 41.3 Å². The Morgan fingerprint density at radius 3 is 3.04 bits per heavy atom. The molecule has 2 heterocycles. The number of hydrogen-bond acceptors (Lipinski definition) is 2. The van der Waals surface area contributed by atoms with Crippen molar-refractivity contribution in [2.24, 2.45) is 5.92 Å². The molecule has 118 valence electrons. The minimum atomic E-state index is 0.0352. The number of fused-ring (bicyclic) bond motifs is 1. The zero-order valence-electron chi connectivity index (χ0n) is 13.3. The highest BCUT2D eigenvalue weighted by Gasteiger charge is 2.45. The molecular weight excluding hydrogens is 286 g/mol. The van der Waals surface area contributed by atoms with E-state index >= 15 is 0 Å². The number of hydrogen-bond donors (Lipinski definition) is 1. The number of likely N-dealkylation sites (tertiary alicyclic amines) is 1. The normalized spacial score (nSPS) is 22.4. The summed E-state index contributed by atoms with van der Waals surface area (Å²) in [5, 5.41) is 3.07. The second kappa shape index (κ2) is 5.69. The maximum absolute atomic E-state index is 12.5. The monoisotopic (exact) mass is 307 g/mol. The van der Waals surface area contributed by atoms with Crippen LogP contribution in [-0.2, 0) is 0 Å². The molecule has 4 heteroatoms. The van der Waals surface area contributed by atoms with Crippen molar-refractivity contribution in [3.63, 3.8) is 0 Å². The highest BCUT2D eigenvalue weighted by Crippen LogP contribution is 2.43. The van der Waals surface area contributed by atoms with Crippen LogP contribution in [0.2, 0.25) is 0 Å². The molecule has 1 N–H and O–H groups in total. The molecule has 4 nitrogen and oxygen atoms in total. The number of piperidine rings is 1. The molecule has 1 aromatic heterocycles. The van der Waals surface area contributed by atoms with Gasteiger partial charge in [0, 0.05) is 30.0 Å². The summed E-state index contributed by atoms with van der Waals surface area (Å²) in [6.45, 7) is 2.95. The van der Waals surface area contributed by atoms with E-state index in [2.05, 4.69) is 17.2 Å². The molecule has 2 atom stereocenters. The van der Waals surface area contributed by atoms with Crippen molar-refractivity contribution in [1.82, 2.24) is 9.88 Å². The third-order valence-electron chi connectivity index (χ3n) is 4.95. The van der Waals surface area contributed by atoms with E-state index in [1.54, 1.807) is 6.20 Å². The molecular formula is C19H21N3O. The predicted molar refractivity (Wildman–Crippen MR) is 91.3 cm³/mol. The van der Waals surface area contributed by atoms with Gasteiger partial charge in [-0.05, 0) is 61.9 Å². The largest absolute Gasteiger partial charge is 0.322 e. The van der Waals surface area contributed by atoms with Crippen LogP contribution in [0, 0.1) is 12.8 Å². The topological polar surface area (TPSA) is 45.2 Å². The maximum atomic E-state index is 12.5. The second-order valence-electron chi connectivity index (χ2n) is 6.57. The van der Waals surface area contributed by atoms with Gasteiger partial charge in [-0.3, -0.25) is 4.98 Å². The first kappa shape index (κ1) is 14.2. The van der Waals surface area contributed by atoms with E-state index in [4.69, 9.17) is 0 Å². The molecule has 23 heavy (non-hydrogen) atoms. The number of anilines is 1. The fourth-order valence-electron chi connectivity index (χ4n) is 3.56. The van der Waals surface area contributed by atoms with Gasteiger partial charge in [0.25, 0.3) is 0 Å². The van der Waals surface area contributed by atoms with E-state index in [0.29, 0.717) is 6.04 Å². The highest BCUT2D eigenvalue weighted by molar-refractivity contribution is 5.91. The number of aryl methyl sites for hydroxylation is 1. The van der Waals surface area contributed by atoms with E-state index in [9.17, 15) is 4.79 Å². The van der Waals surface area contributed by atoms with Gasteiger partial charge in [0.1, 0.15) is 0 Å². The van der Waals surface area contributed by atoms with Crippen molar-refractivity contribution in [2.75, 3.05) is 11.9 Å². The van der Waals surface area contributed by atoms with Gasteiger partial charge in [-0.25, -0.2) is 4.79 Å². The summed E-state index contributed by atoms with van der Waals surface area (Å²) < 4.78 is 0. The van der Waals surface area contributed by atoms with E-state index in [1.165, 1.54) is 12.8 Å². The number of amides is 2. The lowest BCUT2D eigenvalue weighted by molar-refractivity contribution is 0.195. The average molecular weight is 307 g/mol. The molecule has 2 aromatic rings. The average Bonchev–Trinajstić information content (AvgIpc) is 3.37. The predicted octanol–water partition coefficient (Wildman–Crippen LogP) is 4.07. The van der Waals surface area contributed by atoms with Crippen LogP contribution >= 0.6 is 0 Å². The van der Waals surface area contributed by atoms with Gasteiger partial charge in [0.15, 0.2) is 0 Å². The molecule has 2 aliphatic rings. The smallest absolute Gasteiger partial charge is 0.321 e. The van der Waals surface area contributed by atoms with Gasteiger partial charge in [-0.1, -0.05) is 12.1 Å². The minimum absolute atomic E-state index is 0.0352. The standard InChI is InChI=1S/C19H21N3O/c1-13-7-8-15(12-16(13)17-6-2-3-9-20-17)21-19(23)22-10-4-5-14-11-18(14)22/h2-3,6-9,12,14,18H,4-5,10-11H2,1H3,(H,21,23). The van der Waals surface area contributed by atoms with Gasteiger partial charge >= 0.3 is 6.03 Å². The molecule has 1 aliphatic carbocycles. The van der Waals surface area contributed by atoms with Crippen molar-refractivity contribution in [1.29, 1.82) is 0 Å². The van der Waals surface area contributed by atoms with Gasteiger partial charge in [-0.15, -0.1) is 0 Å². The Morgan fingerprint density at radius 2 is 2.22 bits per heavy atom. The Balaban J connectivity index is 1.54. The van der Waals surface area contributed by atoms with Crippen LogP contribution in [0.5, 0.6) is 0 Å². The summed E-state index contributed by atoms with van der Waals surface area (Å²) in [6, 6.07) is 12.4. The number of nitrogens with one attached hydrogen (secondary N) is 1. The summed E-state index contributed by atoms with van der Waals surface area (Å²) >= 11 is 0. The number of urea groups is 1. The maximum Gasteiger partial charge on any atom is 0.322 e. The van der Waals surface area contributed by atoms with Crippen LogP contribution in [0.3, 0.4) is 0 Å². The Kier molecular flexibility index (Phi) is 3.52. The summed E-state index contributed by atoms with van der Waals surface area (Å²) in [5.74, 6) is 0.747. The molecule has 1 saturated heterocycles. The zero-order chi connectivity index (χ0) is 15.8. The lowest BCUT2D eigenvalue weighted by Crippen LogP contribution is -2.40. The Hall–Kier alpha value is -2.36. The summed E-state index contributed by atoms with van der Waals surface area (Å²) in [4.78, 5) is 19.0. The first-order valence-corrected chi connectivity index (χ1v) is 8.32. The van der Waals surface area contributed by atoms with Crippen LogP contribution < -0.4 is 5.32 Å². The van der Waals surface area contributed by atoms with E-state index in [-0.39, 0.29) is 6.03 Å². The number of carbonyl (C=O) groups excluding carboxylic acids is 1. The molecule has 0 spiro atoms. The number of aromatic nitrogens is 1. The molecule has 2 fully saturated rings. The fraction of sp³-hybridized carbons (Fsp3) is 0.368. The highest BCUT2D eigenvalue weighted by atomic mass is 16.2. The SMILES string of the molecule is Cc1ccc(NC(=O)N2CCCC3CC32)cc1-c1ccccn1. The van der Waals surface area contributed by atoms with Crippen molar-refractivity contribution in [3.05, 3.63) is 48.2 Å². The van der Waals surface area contributed by atoms with Crippen LogP contribution in [0.25, 0.3) is 11.3 Å². The summed E-state index contributed by atoms with van der Waals surface area (Å²) in [7, 11) is 0. The van der Waals surface area contributed by atoms with Crippen LogP contribution in [-0.4, -0.2) is 28.5 Å². The van der Waals surface area contributed by atoms with Gasteiger partial charge in [0.05, 0.1) is 5.69 Å². The number of rotatable bonds is 2. The van der Waals surface area contributed by atoms with Crippen LogP contribution in [0.15, 0.2) is 42.6 Å². The van der Waals surface area contributed by atoms with E-state index in [0.717, 1.165) is 41.4 Å². The lowest BCUT2D eigenvalue weighted by atomic mass is 10.0. The Labute approximate surface area is 136 Å². The first-order chi connectivity index (χ1) is 11.2. The molecule has 0 bridgehead atoms. The first-order valence-electron chi connectivity index (χ1n) is 8.32. The Bertz CT molecular complexity index is 729. The van der Waals surface area contributed by atoms with Gasteiger partial charge in [0.2, 0.25) is 0 Å². The number of pyridine rings is 1. The summed E-state index contributed by atoms with van der Waals surface area (Å²) in [5.41, 5.74) is 3.98. The van der Waals surface area contributed by atoms with E-state index < -0.39 is 0 Å². The van der Waals surface area contributed by atoms with Gasteiger partial charge < -0.3 is 10.2 Å². The molecule has 2 amide bonds. The molecule has 2 unspecified atom stereocenters.